The smallest absolute Gasteiger partial charge is 0.310 e. The Balaban J connectivity index is 1.51. The number of likely N-dealkylation sites (tertiary alicyclic amines) is 1. The Labute approximate surface area is 232 Å². The van der Waals surface area contributed by atoms with Crippen LogP contribution >= 0.6 is 11.8 Å². The van der Waals surface area contributed by atoms with E-state index in [1.54, 1.807) is 38.4 Å². The molecule has 3 saturated heterocycles. The van der Waals surface area contributed by atoms with Gasteiger partial charge in [0.1, 0.15) is 18.2 Å². The summed E-state index contributed by atoms with van der Waals surface area (Å²) in [5.41, 5.74) is 1.51. The van der Waals surface area contributed by atoms with Crippen molar-refractivity contribution < 1.29 is 24.2 Å². The molecule has 0 radical (unpaired) electrons. The van der Waals surface area contributed by atoms with Gasteiger partial charge in [0.15, 0.2) is 0 Å². The quantitative estimate of drug-likeness (QED) is 0.242. The lowest BCUT2D eigenvalue weighted by Gasteiger charge is -2.40. The fraction of sp³-hybridized carbons (Fsp3) is 0.536. The zero-order valence-corrected chi connectivity index (χ0v) is 23.0. The van der Waals surface area contributed by atoms with Gasteiger partial charge in [-0.05, 0) is 37.3 Å². The predicted octanol–water partition coefficient (Wildman–Crippen LogP) is 2.24. The predicted molar refractivity (Wildman–Crippen MR) is 147 cm³/mol. The molecule has 1 aromatic heterocycles. The first-order valence-corrected chi connectivity index (χ1v) is 14.3. The Morgan fingerprint density at radius 2 is 2.10 bits per heavy atom. The van der Waals surface area contributed by atoms with Crippen LogP contribution in [0.25, 0.3) is 11.0 Å². The fourth-order valence-electron chi connectivity index (χ4n) is 6.62. The van der Waals surface area contributed by atoms with E-state index < -0.39 is 22.6 Å². The molecule has 10 nitrogen and oxygen atoms in total. The highest BCUT2D eigenvalue weighted by atomic mass is 32.2. The van der Waals surface area contributed by atoms with E-state index in [0.717, 1.165) is 17.5 Å². The zero-order valence-electron chi connectivity index (χ0n) is 22.1. The summed E-state index contributed by atoms with van der Waals surface area (Å²) < 4.78 is 6.46. The van der Waals surface area contributed by atoms with E-state index in [-0.39, 0.29) is 61.9 Å². The van der Waals surface area contributed by atoms with Gasteiger partial charge in [0, 0.05) is 24.9 Å². The molecule has 2 bridgehead atoms. The summed E-state index contributed by atoms with van der Waals surface area (Å²) in [7, 11) is 0. The van der Waals surface area contributed by atoms with Crippen LogP contribution in [0.4, 0.5) is 0 Å². The van der Waals surface area contributed by atoms with Gasteiger partial charge in [0.2, 0.25) is 11.8 Å². The van der Waals surface area contributed by atoms with Crippen molar-refractivity contribution in [3.63, 3.8) is 0 Å². The van der Waals surface area contributed by atoms with E-state index in [0.29, 0.717) is 12.8 Å². The number of hydrogen-bond donors (Lipinski definition) is 1. The van der Waals surface area contributed by atoms with Crippen LogP contribution in [0.1, 0.15) is 26.2 Å². The summed E-state index contributed by atoms with van der Waals surface area (Å²) in [6.45, 7) is 10.3. The molecule has 208 valence electrons. The van der Waals surface area contributed by atoms with Crippen molar-refractivity contribution in [3.05, 3.63) is 49.6 Å². The van der Waals surface area contributed by atoms with Crippen LogP contribution in [-0.2, 0) is 25.8 Å². The molecule has 1 aromatic carbocycles. The molecule has 1 N–H and O–H groups in total. The van der Waals surface area contributed by atoms with Gasteiger partial charge in [-0.1, -0.05) is 36.4 Å². The lowest BCUT2D eigenvalue weighted by Crippen LogP contribution is -2.57. The number of carbonyl (C=O) groups excluding carboxylic acids is 3. The maximum Gasteiger partial charge on any atom is 0.310 e. The third-order valence-corrected chi connectivity index (χ3v) is 10.3. The molecule has 2 amide bonds. The maximum atomic E-state index is 14.5. The van der Waals surface area contributed by atoms with Crippen molar-refractivity contribution in [1.29, 1.82) is 0 Å². The van der Waals surface area contributed by atoms with Crippen LogP contribution in [0.15, 0.2) is 49.6 Å². The number of aliphatic hydroxyl groups excluding tert-OH is 1. The number of rotatable bonds is 12. The number of ether oxygens (including phenoxy) is 1. The molecule has 3 aliphatic rings. The summed E-state index contributed by atoms with van der Waals surface area (Å²) in [5.74, 6) is -2.04. The Bertz CT molecular complexity index is 1280. The maximum absolute atomic E-state index is 14.5. The van der Waals surface area contributed by atoms with E-state index in [9.17, 15) is 19.5 Å². The first-order chi connectivity index (χ1) is 18.9. The highest BCUT2D eigenvalue weighted by molar-refractivity contribution is 8.02. The number of esters is 1. The third kappa shape index (κ3) is 4.45. The number of carbonyl (C=O) groups is 3. The van der Waals surface area contributed by atoms with E-state index in [1.165, 1.54) is 0 Å². The van der Waals surface area contributed by atoms with Crippen LogP contribution in [-0.4, -0.2) is 90.0 Å². The number of para-hydroxylation sites is 1. The molecule has 3 aliphatic heterocycles. The highest BCUT2D eigenvalue weighted by Gasteiger charge is 2.76. The van der Waals surface area contributed by atoms with E-state index in [1.807, 2.05) is 24.3 Å². The Morgan fingerprint density at radius 3 is 2.85 bits per heavy atom. The van der Waals surface area contributed by atoms with E-state index in [2.05, 4.69) is 30.4 Å². The standard InChI is InChI=1S/C28H35N5O5S/c1-4-6-15-38-27(37)22-21-16-18(3)28(39-21)23(22)25(35)32(13-9-14-34)24(28)26(36)31(12-5-2)17-33-20-11-8-7-10-19(20)29-30-33/h4-5,7-8,10-11,18,21-24,34H,1-2,6,9,12-17H2,3H3/t18?,21-,22+,23-,24?,28?/m0/s1. The largest absolute Gasteiger partial charge is 0.465 e. The second-order valence-electron chi connectivity index (χ2n) is 10.5. The molecule has 3 fully saturated rings. The monoisotopic (exact) mass is 553 g/mol. The van der Waals surface area contributed by atoms with Crippen LogP contribution < -0.4 is 0 Å². The number of benzene rings is 1. The molecule has 1 spiro atoms. The SMILES string of the molecule is C=CCCOC(=O)[C@@H]1[C@@H]2CC(C)C3(S2)C(C(=O)N(CC=C)Cn2nnc4ccccc42)N(CCCO)C(=O)[C@H]13. The summed E-state index contributed by atoms with van der Waals surface area (Å²) >= 11 is 1.60. The van der Waals surface area contributed by atoms with E-state index in [4.69, 9.17) is 4.74 Å². The Kier molecular flexibility index (Phi) is 7.82. The second-order valence-corrected chi connectivity index (χ2v) is 12.0. The molecule has 39 heavy (non-hydrogen) atoms. The molecule has 0 aliphatic carbocycles. The van der Waals surface area contributed by atoms with Crippen LogP contribution in [0.3, 0.4) is 0 Å². The van der Waals surface area contributed by atoms with Gasteiger partial charge in [-0.2, -0.15) is 0 Å². The topological polar surface area (TPSA) is 118 Å². The van der Waals surface area contributed by atoms with Gasteiger partial charge in [0.05, 0.1) is 28.7 Å². The Hall–Kier alpha value is -3.18. The van der Waals surface area contributed by atoms with Crippen molar-refractivity contribution in [2.75, 3.05) is 26.3 Å². The van der Waals surface area contributed by atoms with Gasteiger partial charge < -0.3 is 19.6 Å². The van der Waals surface area contributed by atoms with Gasteiger partial charge in [-0.25, -0.2) is 4.68 Å². The molecule has 6 atom stereocenters. The molecule has 5 rings (SSSR count). The number of fused-ring (bicyclic) bond motifs is 2. The van der Waals surface area contributed by atoms with Crippen LogP contribution in [0, 0.1) is 17.8 Å². The molecule has 3 unspecified atom stereocenters. The summed E-state index contributed by atoms with van der Waals surface area (Å²) in [5, 5.41) is 18.0. The minimum absolute atomic E-state index is 0.0320. The normalized spacial score (nSPS) is 29.0. The number of amides is 2. The van der Waals surface area contributed by atoms with Crippen molar-refractivity contribution in [3.8, 4) is 0 Å². The molecule has 0 saturated carbocycles. The fourth-order valence-corrected chi connectivity index (χ4v) is 9.02. The minimum Gasteiger partial charge on any atom is -0.465 e. The summed E-state index contributed by atoms with van der Waals surface area (Å²) in [4.78, 5) is 45.1. The lowest BCUT2D eigenvalue weighted by molar-refractivity contribution is -0.154. The number of aliphatic hydroxyl groups is 1. The second kappa shape index (κ2) is 11.1. The summed E-state index contributed by atoms with van der Waals surface area (Å²) in [6.07, 6.45) is 4.94. The average Bonchev–Trinajstić information content (AvgIpc) is 3.64. The molecule has 4 heterocycles. The van der Waals surface area contributed by atoms with Crippen LogP contribution in [0.5, 0.6) is 0 Å². The molecule has 2 aromatic rings. The number of nitrogens with zero attached hydrogens (tertiary/aromatic N) is 5. The van der Waals surface area contributed by atoms with Crippen LogP contribution in [0.2, 0.25) is 0 Å². The number of thioether (sulfide) groups is 1. The number of hydrogen-bond acceptors (Lipinski definition) is 8. The zero-order chi connectivity index (χ0) is 27.7. The molecule has 11 heteroatoms. The molecular formula is C28H35N5O5S. The van der Waals surface area contributed by atoms with Crippen molar-refractivity contribution in [2.45, 2.75) is 48.9 Å². The third-order valence-electron chi connectivity index (χ3n) is 8.26. The Morgan fingerprint density at radius 1 is 1.31 bits per heavy atom. The van der Waals surface area contributed by atoms with Gasteiger partial charge in [-0.3, -0.25) is 14.4 Å². The van der Waals surface area contributed by atoms with Gasteiger partial charge >= 0.3 is 5.97 Å². The first kappa shape index (κ1) is 27.4. The van der Waals surface area contributed by atoms with Crippen molar-refractivity contribution in [2.24, 2.45) is 17.8 Å². The average molecular weight is 554 g/mol. The van der Waals surface area contributed by atoms with Crippen molar-refractivity contribution >= 4 is 40.6 Å². The first-order valence-electron chi connectivity index (χ1n) is 13.4. The highest BCUT2D eigenvalue weighted by Crippen LogP contribution is 2.68. The van der Waals surface area contributed by atoms with Gasteiger partial charge in [0.25, 0.3) is 0 Å². The number of aromatic nitrogens is 3. The molecular weight excluding hydrogens is 518 g/mol. The van der Waals surface area contributed by atoms with Crippen molar-refractivity contribution in [1.82, 2.24) is 24.8 Å². The summed E-state index contributed by atoms with van der Waals surface area (Å²) in [6, 6.07) is 6.74. The van der Waals surface area contributed by atoms with E-state index >= 15 is 0 Å². The lowest BCUT2D eigenvalue weighted by atomic mass is 9.66. The minimum atomic E-state index is -0.785. The van der Waals surface area contributed by atoms with Gasteiger partial charge in [-0.15, -0.1) is 30.0 Å².